The maximum atomic E-state index is 13.8. The maximum absolute atomic E-state index is 13.8. The van der Waals surface area contributed by atoms with Crippen LogP contribution in [0, 0.1) is 12.8 Å². The van der Waals surface area contributed by atoms with Gasteiger partial charge in [-0.05, 0) is 37.5 Å². The third kappa shape index (κ3) is 8.58. The zero-order valence-corrected chi connectivity index (χ0v) is 27.5. The summed E-state index contributed by atoms with van der Waals surface area (Å²) in [6, 6.07) is 13.8. The fourth-order valence-electron chi connectivity index (χ4n) is 5.07. The molecule has 0 aliphatic carbocycles. The molecule has 3 atom stereocenters. The number of amides is 4. The highest BCUT2D eigenvalue weighted by Crippen LogP contribution is 2.20. The predicted octanol–water partition coefficient (Wildman–Crippen LogP) is 2.58. The summed E-state index contributed by atoms with van der Waals surface area (Å²) >= 11 is 1.34. The molecule has 0 saturated carbocycles. The van der Waals surface area contributed by atoms with Crippen molar-refractivity contribution < 1.29 is 23.9 Å². The van der Waals surface area contributed by atoms with Gasteiger partial charge in [0, 0.05) is 17.4 Å². The maximum Gasteiger partial charge on any atom is 0.271 e. The van der Waals surface area contributed by atoms with Gasteiger partial charge < -0.3 is 26.0 Å². The van der Waals surface area contributed by atoms with Crippen LogP contribution in [0.5, 0.6) is 5.75 Å². The van der Waals surface area contributed by atoms with Gasteiger partial charge in [0.15, 0.2) is 5.82 Å². The van der Waals surface area contributed by atoms with E-state index in [2.05, 4.69) is 36.3 Å². The fraction of sp³-hybridized carbons (Fsp3) is 0.364. The first-order valence-corrected chi connectivity index (χ1v) is 16.3. The van der Waals surface area contributed by atoms with Gasteiger partial charge in [-0.2, -0.15) is 5.10 Å². The van der Waals surface area contributed by atoms with Gasteiger partial charge in [0.2, 0.25) is 17.7 Å². The highest BCUT2D eigenvalue weighted by molar-refractivity contribution is 7.09. The number of rotatable bonds is 4. The Morgan fingerprint density at radius 3 is 2.45 bits per heavy atom. The van der Waals surface area contributed by atoms with Crippen LogP contribution in [-0.2, 0) is 27.3 Å². The van der Waals surface area contributed by atoms with E-state index < -0.39 is 35.8 Å². The number of hydrogen-bond acceptors (Lipinski definition) is 9. The predicted molar refractivity (Wildman–Crippen MR) is 176 cm³/mol. The quantitative estimate of drug-likeness (QED) is 0.259. The van der Waals surface area contributed by atoms with Crippen molar-refractivity contribution in [2.45, 2.75) is 58.8 Å². The van der Waals surface area contributed by atoms with Gasteiger partial charge in [-0.25, -0.2) is 14.6 Å². The van der Waals surface area contributed by atoms with Crippen LogP contribution in [-0.4, -0.2) is 68.6 Å². The second-order valence-corrected chi connectivity index (χ2v) is 12.7. The number of ether oxygens (including phenoxy) is 1. The van der Waals surface area contributed by atoms with Gasteiger partial charge in [-0.3, -0.25) is 19.2 Å². The Morgan fingerprint density at radius 2 is 1.77 bits per heavy atom. The van der Waals surface area contributed by atoms with E-state index in [1.54, 1.807) is 43.5 Å². The molecule has 2 aliphatic heterocycles. The average molecular weight is 659 g/mol. The third-order valence-electron chi connectivity index (χ3n) is 7.55. The summed E-state index contributed by atoms with van der Waals surface area (Å²) in [5.41, 5.74) is 1.74. The molecule has 4 amide bonds. The number of nitrogens with one attached hydrogen (secondary N) is 4. The normalized spacial score (nSPS) is 19.6. The van der Waals surface area contributed by atoms with E-state index in [0.29, 0.717) is 17.4 Å². The Bertz CT molecular complexity index is 1720. The molecule has 246 valence electrons. The molecule has 2 aromatic carbocycles. The van der Waals surface area contributed by atoms with Crippen LogP contribution >= 0.6 is 11.3 Å². The van der Waals surface area contributed by atoms with Crippen molar-refractivity contribution in [2.75, 3.05) is 13.2 Å². The van der Waals surface area contributed by atoms with Crippen molar-refractivity contribution in [2.24, 2.45) is 5.92 Å². The molecular weight excluding hydrogens is 620 g/mol. The molecule has 47 heavy (non-hydrogen) atoms. The smallest absolute Gasteiger partial charge is 0.271 e. The van der Waals surface area contributed by atoms with E-state index in [4.69, 9.17) is 4.74 Å². The molecule has 4 aromatic rings. The van der Waals surface area contributed by atoms with E-state index in [-0.39, 0.29) is 43.6 Å². The SMILES string of the molecule is Cc1nc(C(=O)N[C@H]2Cc3ccc(cc3)OCCNC(=O)Cn3nc(-c4ccccc4)nc3[C@H](C)NC(=O)[C@@H](C(C)C)NC2=O)cs1. The van der Waals surface area contributed by atoms with Crippen molar-refractivity contribution >= 4 is 35.0 Å². The summed E-state index contributed by atoms with van der Waals surface area (Å²) in [6.07, 6.45) is 0.158. The zero-order chi connectivity index (χ0) is 33.5. The molecule has 0 unspecified atom stereocenters. The van der Waals surface area contributed by atoms with E-state index in [1.807, 2.05) is 44.2 Å². The molecular formula is C33H38N8O5S. The number of aryl methyl sites for hydroxylation is 1. The first-order chi connectivity index (χ1) is 22.6. The highest BCUT2D eigenvalue weighted by Gasteiger charge is 2.31. The summed E-state index contributed by atoms with van der Waals surface area (Å²) in [5, 5.41) is 18.4. The largest absolute Gasteiger partial charge is 0.492 e. The van der Waals surface area contributed by atoms with Crippen molar-refractivity contribution in [1.29, 1.82) is 0 Å². The number of carbonyl (C=O) groups is 4. The van der Waals surface area contributed by atoms with Crippen molar-refractivity contribution in [3.05, 3.63) is 82.1 Å². The van der Waals surface area contributed by atoms with Crippen LogP contribution in [0.25, 0.3) is 11.4 Å². The molecule has 0 saturated heterocycles. The van der Waals surface area contributed by atoms with Crippen LogP contribution in [0.15, 0.2) is 60.0 Å². The number of hydrogen-bond donors (Lipinski definition) is 4. The number of nitrogens with zero attached hydrogens (tertiary/aromatic N) is 4. The average Bonchev–Trinajstić information content (AvgIpc) is 3.68. The molecule has 14 heteroatoms. The van der Waals surface area contributed by atoms with Crippen LogP contribution in [0.3, 0.4) is 0 Å². The third-order valence-corrected chi connectivity index (χ3v) is 8.32. The summed E-state index contributed by atoms with van der Waals surface area (Å²) in [6.45, 7) is 7.52. The van der Waals surface area contributed by atoms with Crippen molar-refractivity contribution in [3.8, 4) is 17.1 Å². The Morgan fingerprint density at radius 1 is 1.02 bits per heavy atom. The molecule has 0 fully saturated rings. The second kappa shape index (κ2) is 15.0. The molecule has 0 radical (unpaired) electrons. The van der Waals surface area contributed by atoms with Gasteiger partial charge in [-0.1, -0.05) is 56.3 Å². The second-order valence-electron chi connectivity index (χ2n) is 11.6. The van der Waals surface area contributed by atoms with Crippen LogP contribution < -0.4 is 26.0 Å². The van der Waals surface area contributed by atoms with E-state index in [1.165, 1.54) is 16.0 Å². The Labute approximate surface area is 276 Å². The van der Waals surface area contributed by atoms with Gasteiger partial charge in [-0.15, -0.1) is 11.3 Å². The van der Waals surface area contributed by atoms with E-state index >= 15 is 0 Å². The number of carbonyl (C=O) groups excluding carboxylic acids is 4. The monoisotopic (exact) mass is 658 g/mol. The summed E-state index contributed by atoms with van der Waals surface area (Å²) in [4.78, 5) is 62.4. The fourth-order valence-corrected chi connectivity index (χ4v) is 5.67. The van der Waals surface area contributed by atoms with Crippen molar-refractivity contribution in [1.82, 2.24) is 41.0 Å². The lowest BCUT2D eigenvalue weighted by Crippen LogP contribution is -2.56. The molecule has 2 aliphatic rings. The number of fused-ring (bicyclic) bond motifs is 14. The molecule has 0 spiro atoms. The highest BCUT2D eigenvalue weighted by atomic mass is 32.1. The molecule has 2 bridgehead atoms. The first kappa shape index (κ1) is 33.3. The molecule has 2 aromatic heterocycles. The van der Waals surface area contributed by atoms with E-state index in [9.17, 15) is 19.2 Å². The summed E-state index contributed by atoms with van der Waals surface area (Å²) in [7, 11) is 0. The number of aromatic nitrogens is 4. The molecule has 4 N–H and O–H groups in total. The minimum atomic E-state index is -1.000. The summed E-state index contributed by atoms with van der Waals surface area (Å²) < 4.78 is 7.28. The van der Waals surface area contributed by atoms with Gasteiger partial charge in [0.05, 0.1) is 17.6 Å². The lowest BCUT2D eigenvalue weighted by Gasteiger charge is -2.26. The summed E-state index contributed by atoms with van der Waals surface area (Å²) in [5.74, 6) is -0.699. The van der Waals surface area contributed by atoms with Crippen LogP contribution in [0.4, 0.5) is 0 Å². The lowest BCUT2D eigenvalue weighted by atomic mass is 10.0. The number of thiazole rings is 1. The minimum Gasteiger partial charge on any atom is -0.492 e. The Hall–Kier alpha value is -5.11. The van der Waals surface area contributed by atoms with Gasteiger partial charge in [0.1, 0.15) is 42.5 Å². The topological polar surface area (TPSA) is 169 Å². The van der Waals surface area contributed by atoms with Crippen LogP contribution in [0.2, 0.25) is 0 Å². The Kier molecular flexibility index (Phi) is 10.6. The van der Waals surface area contributed by atoms with Gasteiger partial charge >= 0.3 is 0 Å². The minimum absolute atomic E-state index is 0.131. The van der Waals surface area contributed by atoms with Crippen LogP contribution in [0.1, 0.15) is 53.7 Å². The molecule has 6 rings (SSSR count). The first-order valence-electron chi connectivity index (χ1n) is 15.4. The van der Waals surface area contributed by atoms with Crippen molar-refractivity contribution in [3.63, 3.8) is 0 Å². The van der Waals surface area contributed by atoms with Gasteiger partial charge in [0.25, 0.3) is 5.91 Å². The standard InChI is InChI=1S/C33H38N8O5S/c1-19(2)28-33(45)35-20(3)30-39-29(23-8-6-5-7-9-23)40-41(30)17-27(42)34-14-15-46-24-12-10-22(11-13-24)16-25(31(43)38-28)37-32(44)26-18-47-21(4)36-26/h5-13,18-20,25,28H,14-17H2,1-4H3,(H,34,42)(H,35,45)(H,37,44)(H,38,43)/t20-,25-,28+/m0/s1. The number of benzene rings is 2. The Balaban J connectivity index is 1.45. The molecule has 4 heterocycles. The van der Waals surface area contributed by atoms with E-state index in [0.717, 1.165) is 16.1 Å². The molecule has 13 nitrogen and oxygen atoms in total. The zero-order valence-electron chi connectivity index (χ0n) is 26.6. The lowest BCUT2D eigenvalue weighted by molar-refractivity contribution is -0.131.